The fourth-order valence-corrected chi connectivity index (χ4v) is 6.59. The standard InChI is InChI=1S/C34H46ClN3O10/c1-18-11-10-12-26(45-9)34(43)17-25(46-32(42)36-34)19(2)30-33(5,48-30)27(47-31(41)20(3)37(6)21(4)39)16-28(40)38(7)23-14-22(13-18)15-24(44-8)29(23)35/h10-12,14-15,19-20,25-27,30,43H,13,16-17H2,1-9H3,(H,36,42)/t19?,20?,25?,26?,27?,30?,33-,34+/m1/s1. The molecule has 4 bridgehead atoms. The summed E-state index contributed by atoms with van der Waals surface area (Å²) in [4.78, 5) is 54.7. The molecule has 0 aromatic heterocycles. The van der Waals surface area contributed by atoms with E-state index >= 15 is 0 Å². The summed E-state index contributed by atoms with van der Waals surface area (Å²) in [6.07, 6.45) is 1.02. The van der Waals surface area contributed by atoms with E-state index in [1.54, 1.807) is 45.2 Å². The molecule has 1 aromatic rings. The largest absolute Gasteiger partial charge is 0.495 e. The van der Waals surface area contributed by atoms with Gasteiger partial charge in [-0.05, 0) is 44.9 Å². The molecule has 2 N–H and O–H groups in total. The summed E-state index contributed by atoms with van der Waals surface area (Å²) in [5.41, 5.74) is -0.871. The van der Waals surface area contributed by atoms with Crippen molar-refractivity contribution in [1.29, 1.82) is 0 Å². The Kier molecular flexibility index (Phi) is 11.2. The number of carbonyl (C=O) groups is 4. The maximum Gasteiger partial charge on any atom is 0.409 e. The first-order chi connectivity index (χ1) is 22.4. The molecule has 0 radical (unpaired) electrons. The molecule has 1 aromatic carbocycles. The number of esters is 1. The van der Waals surface area contributed by atoms with Crippen LogP contribution in [0, 0.1) is 5.92 Å². The number of allylic oxidation sites excluding steroid dienone is 3. The molecule has 0 saturated carbocycles. The SMILES string of the molecule is COc1cc2cc(c1Cl)N(C)C(=O)CC(OC(=O)C(C)N(C)C(C)=O)[C@@]1(C)OC1C(C)C1C[C@@](O)(NC(=O)O1)C(OC)C=CC=C(C)C2. The quantitative estimate of drug-likeness (QED) is 0.346. The zero-order valence-electron chi connectivity index (χ0n) is 28.9. The number of anilines is 1. The molecule has 0 spiro atoms. The third-order valence-electron chi connectivity index (χ3n) is 9.63. The molecule has 2 saturated heterocycles. The van der Waals surface area contributed by atoms with Gasteiger partial charge in [0.1, 0.15) is 40.7 Å². The van der Waals surface area contributed by atoms with Gasteiger partial charge in [0.15, 0.2) is 5.72 Å². The van der Waals surface area contributed by atoms with Crippen LogP contribution in [0.15, 0.2) is 35.9 Å². The number of nitrogens with zero attached hydrogens (tertiary/aromatic N) is 2. The molecular formula is C34H46ClN3O10. The number of hydrogen-bond acceptors (Lipinski definition) is 10. The number of rotatable bonds is 5. The summed E-state index contributed by atoms with van der Waals surface area (Å²) in [5, 5.41) is 14.4. The Bertz CT molecular complexity index is 1500. The molecular weight excluding hydrogens is 646 g/mol. The molecule has 48 heavy (non-hydrogen) atoms. The topological polar surface area (TPSA) is 156 Å². The summed E-state index contributed by atoms with van der Waals surface area (Å²) in [6.45, 7) is 8.29. The Morgan fingerprint density at radius 3 is 2.56 bits per heavy atom. The summed E-state index contributed by atoms with van der Waals surface area (Å²) in [6, 6.07) is 2.63. The second-order valence-corrected chi connectivity index (χ2v) is 13.4. The smallest absolute Gasteiger partial charge is 0.409 e. The van der Waals surface area contributed by atoms with E-state index in [-0.39, 0.29) is 23.8 Å². The lowest BCUT2D eigenvalue weighted by molar-refractivity contribution is -0.161. The molecule has 2 fully saturated rings. The number of hydrogen-bond donors (Lipinski definition) is 2. The number of halogens is 1. The highest BCUT2D eigenvalue weighted by Crippen LogP contribution is 2.49. The molecule has 3 amide bonds. The molecule has 0 aliphatic carbocycles. The lowest BCUT2D eigenvalue weighted by Crippen LogP contribution is -2.63. The van der Waals surface area contributed by atoms with Crippen molar-refractivity contribution < 1.29 is 48.0 Å². The number of fused-ring (bicyclic) bond motifs is 5. The number of methoxy groups -OCH3 is 2. The van der Waals surface area contributed by atoms with Gasteiger partial charge in [-0.1, -0.05) is 42.3 Å². The summed E-state index contributed by atoms with van der Waals surface area (Å²) in [7, 11) is 5.97. The zero-order valence-corrected chi connectivity index (χ0v) is 29.6. The van der Waals surface area contributed by atoms with E-state index in [0.29, 0.717) is 17.9 Å². The monoisotopic (exact) mass is 691 g/mol. The normalized spacial score (nSPS) is 31.4. The third-order valence-corrected chi connectivity index (χ3v) is 10.0. The van der Waals surface area contributed by atoms with E-state index in [2.05, 4.69) is 5.32 Å². The van der Waals surface area contributed by atoms with E-state index in [0.717, 1.165) is 11.1 Å². The molecule has 3 aliphatic rings. The van der Waals surface area contributed by atoms with Crippen LogP contribution in [0.25, 0.3) is 0 Å². The van der Waals surface area contributed by atoms with Crippen LogP contribution in [-0.4, -0.2) is 104 Å². The average Bonchev–Trinajstić information content (AvgIpc) is 3.73. The highest BCUT2D eigenvalue weighted by Gasteiger charge is 2.64. The number of ether oxygens (including phenoxy) is 5. The van der Waals surface area contributed by atoms with E-state index in [1.807, 2.05) is 13.0 Å². The second-order valence-electron chi connectivity index (χ2n) is 13.0. The second kappa shape index (κ2) is 14.5. The van der Waals surface area contributed by atoms with Crippen molar-refractivity contribution in [3.8, 4) is 5.75 Å². The van der Waals surface area contributed by atoms with Crippen molar-refractivity contribution in [1.82, 2.24) is 10.2 Å². The van der Waals surface area contributed by atoms with Crippen LogP contribution in [-0.2, 0) is 39.8 Å². The zero-order chi connectivity index (χ0) is 35.7. The van der Waals surface area contributed by atoms with E-state index in [1.165, 1.54) is 44.9 Å². The van der Waals surface area contributed by atoms with Crippen LogP contribution in [0.5, 0.6) is 5.75 Å². The van der Waals surface area contributed by atoms with Gasteiger partial charge in [0, 0.05) is 40.5 Å². The van der Waals surface area contributed by atoms with Crippen LogP contribution in [0.3, 0.4) is 0 Å². The highest BCUT2D eigenvalue weighted by molar-refractivity contribution is 6.35. The number of likely N-dealkylation sites (N-methyl/N-ethyl adjacent to an activating group) is 1. The number of benzene rings is 1. The number of amides is 3. The Labute approximate surface area is 286 Å². The van der Waals surface area contributed by atoms with Crippen molar-refractivity contribution in [3.05, 3.63) is 46.5 Å². The molecule has 4 rings (SSSR count). The number of epoxide rings is 1. The summed E-state index contributed by atoms with van der Waals surface area (Å²) < 4.78 is 28.9. The third kappa shape index (κ3) is 7.64. The van der Waals surface area contributed by atoms with Crippen molar-refractivity contribution in [3.63, 3.8) is 0 Å². The molecule has 264 valence electrons. The number of carbonyl (C=O) groups excluding carboxylic acids is 4. The van der Waals surface area contributed by atoms with Crippen molar-refractivity contribution >= 4 is 41.2 Å². The molecule has 3 aliphatic heterocycles. The fourth-order valence-electron chi connectivity index (χ4n) is 6.27. The van der Waals surface area contributed by atoms with E-state index in [9.17, 15) is 24.3 Å². The molecule has 14 heteroatoms. The van der Waals surface area contributed by atoms with Gasteiger partial charge in [0.2, 0.25) is 11.8 Å². The van der Waals surface area contributed by atoms with Crippen LogP contribution < -0.4 is 15.0 Å². The van der Waals surface area contributed by atoms with Crippen molar-refractivity contribution in [2.24, 2.45) is 5.92 Å². The molecule has 3 heterocycles. The van der Waals surface area contributed by atoms with Crippen LogP contribution >= 0.6 is 11.6 Å². The first-order valence-electron chi connectivity index (χ1n) is 15.8. The van der Waals surface area contributed by atoms with Gasteiger partial charge in [-0.3, -0.25) is 14.9 Å². The minimum atomic E-state index is -1.81. The summed E-state index contributed by atoms with van der Waals surface area (Å²) in [5.74, 6) is -1.63. The number of aliphatic hydroxyl groups is 1. The maximum atomic E-state index is 14.0. The van der Waals surface area contributed by atoms with Gasteiger partial charge in [0.05, 0.1) is 25.3 Å². The number of nitrogens with one attached hydrogen (secondary N) is 1. The highest BCUT2D eigenvalue weighted by atomic mass is 35.5. The minimum absolute atomic E-state index is 0.0436. The Balaban J connectivity index is 1.80. The Morgan fingerprint density at radius 1 is 1.25 bits per heavy atom. The molecule has 6 unspecified atom stereocenters. The first kappa shape index (κ1) is 37.2. The van der Waals surface area contributed by atoms with Crippen LogP contribution in [0.2, 0.25) is 5.02 Å². The van der Waals surface area contributed by atoms with Crippen LogP contribution in [0.1, 0.15) is 53.0 Å². The van der Waals surface area contributed by atoms with Gasteiger partial charge >= 0.3 is 12.1 Å². The van der Waals surface area contributed by atoms with Gasteiger partial charge < -0.3 is 38.6 Å². The lowest BCUT2D eigenvalue weighted by atomic mass is 9.83. The Hall–Kier alpha value is -3.65. The predicted molar refractivity (Wildman–Crippen MR) is 177 cm³/mol. The van der Waals surface area contributed by atoms with Crippen molar-refractivity contribution in [2.45, 2.75) is 95.7 Å². The summed E-state index contributed by atoms with van der Waals surface area (Å²) >= 11 is 6.71. The number of alkyl carbamates (subject to hydrolysis) is 1. The van der Waals surface area contributed by atoms with E-state index < -0.39 is 65.7 Å². The predicted octanol–water partition coefficient (Wildman–Crippen LogP) is 3.53. The van der Waals surface area contributed by atoms with Crippen molar-refractivity contribution in [2.75, 3.05) is 33.2 Å². The van der Waals surface area contributed by atoms with E-state index in [4.69, 9.17) is 35.3 Å². The minimum Gasteiger partial charge on any atom is -0.495 e. The lowest BCUT2D eigenvalue weighted by Gasteiger charge is -2.42. The van der Waals surface area contributed by atoms with Gasteiger partial charge in [-0.15, -0.1) is 0 Å². The van der Waals surface area contributed by atoms with Crippen LogP contribution in [0.4, 0.5) is 10.5 Å². The first-order valence-corrected chi connectivity index (χ1v) is 16.2. The fraction of sp³-hybridized carbons (Fsp3) is 0.588. The molecule has 8 atom stereocenters. The Morgan fingerprint density at radius 2 is 1.94 bits per heavy atom. The average molecular weight is 692 g/mol. The maximum absolute atomic E-state index is 14.0. The van der Waals surface area contributed by atoms with Gasteiger partial charge in [-0.2, -0.15) is 0 Å². The van der Waals surface area contributed by atoms with Gasteiger partial charge in [-0.25, -0.2) is 9.59 Å². The molecule has 13 nitrogen and oxygen atoms in total. The van der Waals surface area contributed by atoms with Gasteiger partial charge in [0.25, 0.3) is 0 Å².